The van der Waals surface area contributed by atoms with E-state index in [4.69, 9.17) is 4.74 Å². The Labute approximate surface area is 368 Å². The highest BCUT2D eigenvalue weighted by molar-refractivity contribution is 6.71. The fraction of sp³-hybridized carbons (Fsp3) is 0.333. The van der Waals surface area contributed by atoms with Gasteiger partial charge >= 0.3 is 0 Å². The first-order valence-corrected chi connectivity index (χ1v) is 25.1. The molecule has 0 aromatic heterocycles. The van der Waals surface area contributed by atoms with Crippen molar-refractivity contribution < 1.29 is 33.8 Å². The summed E-state index contributed by atoms with van der Waals surface area (Å²) in [7, 11) is -3.16. The van der Waals surface area contributed by atoms with E-state index in [1.165, 1.54) is 0 Å². The number of carbonyl (C=O) groups is 4. The number of hydrogen-bond acceptors (Lipinski definition) is 7. The zero-order valence-corrected chi connectivity index (χ0v) is 36.9. The van der Waals surface area contributed by atoms with Gasteiger partial charge in [-0.3, -0.25) is 29.0 Å². The van der Waals surface area contributed by atoms with Crippen LogP contribution in [0.2, 0.25) is 18.6 Å². The average molecular weight is 861 g/mol. The maximum Gasteiger partial charge on any atom is 0.264 e. The van der Waals surface area contributed by atoms with Crippen LogP contribution in [0, 0.1) is 5.92 Å². The smallest absolute Gasteiger partial charge is 0.264 e. The lowest BCUT2D eigenvalue weighted by Gasteiger charge is -2.37. The van der Waals surface area contributed by atoms with Gasteiger partial charge in [-0.1, -0.05) is 79.7 Å². The van der Waals surface area contributed by atoms with E-state index in [0.29, 0.717) is 55.6 Å². The minimum atomic E-state index is -3.16. The summed E-state index contributed by atoms with van der Waals surface area (Å²) in [5, 5.41) is 10.5. The molecule has 12 heteroatoms. The number of nitrogens with zero attached hydrogens (tertiary/aromatic N) is 4. The first-order chi connectivity index (χ1) is 30.4. The molecule has 5 aliphatic heterocycles. The number of aliphatic hydroxyl groups is 1. The molecule has 0 radical (unpaired) electrons. The number of anilines is 5. The van der Waals surface area contributed by atoms with Crippen LogP contribution < -0.4 is 14.7 Å². The summed E-state index contributed by atoms with van der Waals surface area (Å²) in [5.41, 5.74) is 7.30. The average Bonchev–Trinajstić information content (AvgIpc) is 3.71. The number of aryl methyl sites for hydroxylation is 2. The molecule has 5 aromatic rings. The molecule has 0 aliphatic carbocycles. The van der Waals surface area contributed by atoms with Gasteiger partial charge in [0, 0.05) is 47.8 Å². The second-order valence-corrected chi connectivity index (χ2v) is 22.3. The van der Waals surface area contributed by atoms with Gasteiger partial charge < -0.3 is 24.4 Å². The minimum Gasteiger partial charge on any atom is -0.432 e. The van der Waals surface area contributed by atoms with Crippen LogP contribution in [0.4, 0.5) is 28.4 Å². The van der Waals surface area contributed by atoms with Gasteiger partial charge in [0.15, 0.2) is 13.9 Å². The summed E-state index contributed by atoms with van der Waals surface area (Å²) < 4.78 is 7.18. The number of carbonyl (C=O) groups excluding carboxylic acids is 4. The van der Waals surface area contributed by atoms with Crippen molar-refractivity contribution in [3.8, 4) is 0 Å². The van der Waals surface area contributed by atoms with Crippen molar-refractivity contribution in [2.45, 2.75) is 94.9 Å². The van der Waals surface area contributed by atoms with Gasteiger partial charge in [-0.15, -0.1) is 0 Å². The van der Waals surface area contributed by atoms with Crippen LogP contribution in [0.25, 0.3) is 0 Å². The molecule has 0 unspecified atom stereocenters. The highest BCUT2D eigenvalue weighted by Gasteiger charge is 2.66. The van der Waals surface area contributed by atoms with Gasteiger partial charge in [-0.2, -0.15) is 0 Å². The lowest BCUT2D eigenvalue weighted by molar-refractivity contribution is -0.151. The molecule has 1 fully saturated rings. The van der Waals surface area contributed by atoms with Gasteiger partial charge in [0.2, 0.25) is 17.7 Å². The zero-order chi connectivity index (χ0) is 43.8. The number of benzene rings is 5. The summed E-state index contributed by atoms with van der Waals surface area (Å²) in [6.07, 6.45) is 1.74. The highest BCUT2D eigenvalue weighted by Crippen LogP contribution is 2.60. The van der Waals surface area contributed by atoms with Crippen molar-refractivity contribution in [3.05, 3.63) is 149 Å². The topological polar surface area (TPSA) is 131 Å². The third-order valence-electron chi connectivity index (χ3n) is 14.2. The number of ether oxygens (including phenoxy) is 1. The van der Waals surface area contributed by atoms with Gasteiger partial charge in [0.05, 0.1) is 48.8 Å². The first-order valence-electron chi connectivity index (χ1n) is 22.1. The van der Waals surface area contributed by atoms with Gasteiger partial charge in [0.25, 0.3) is 5.91 Å². The molecule has 10 rings (SSSR count). The molecule has 1 saturated heterocycles. The van der Waals surface area contributed by atoms with E-state index in [0.717, 1.165) is 44.9 Å². The molecule has 5 heterocycles. The lowest BCUT2D eigenvalue weighted by Crippen LogP contribution is -2.48. The van der Waals surface area contributed by atoms with E-state index in [-0.39, 0.29) is 43.2 Å². The predicted molar refractivity (Wildman–Crippen MR) is 243 cm³/mol. The van der Waals surface area contributed by atoms with Gasteiger partial charge in [0.1, 0.15) is 0 Å². The van der Waals surface area contributed by atoms with E-state index in [1.807, 2.05) is 129 Å². The molecule has 5 atom stereocenters. The minimum absolute atomic E-state index is 0.0277. The molecule has 11 nitrogen and oxygen atoms in total. The van der Waals surface area contributed by atoms with E-state index >= 15 is 4.79 Å². The second kappa shape index (κ2) is 15.7. The van der Waals surface area contributed by atoms with Crippen molar-refractivity contribution >= 4 is 60.4 Å². The largest absolute Gasteiger partial charge is 0.432 e. The summed E-state index contributed by atoms with van der Waals surface area (Å²) >= 11 is 0. The van der Waals surface area contributed by atoms with Crippen molar-refractivity contribution in [2.75, 3.05) is 21.3 Å². The molecule has 0 bridgehead atoms. The van der Waals surface area contributed by atoms with Gasteiger partial charge in [-0.25, -0.2) is 0 Å². The molecule has 5 aromatic carbocycles. The fourth-order valence-electron chi connectivity index (χ4n) is 11.2. The SMILES string of the molecule is C[C@H]1[C@H]([Si](C)(C)O)[C@@H](CC(=O)N2Cc3ccccc3C[C@H]2CO)O[C@]12C(=O)N(Cc1ccc(N3C(=O)CCc4ccccc43)cc1)c1ccc(N3C(=O)CCc4ccccc43)cc12. The lowest BCUT2D eigenvalue weighted by atomic mass is 9.82. The standard InChI is InChI=1S/C51H52N4O7Si/c1-32-49(63(2,3)61)45(28-48(59)52-30-37-13-5-4-12-36(37)26-40(52)31-56)62-51(32)41-27-39(55-43-15-9-7-11-35(43)19-25-47(55)58)22-23-44(41)53(50(51)60)29-33-16-20-38(21-17-33)54-42-14-8-6-10-34(42)18-24-46(54)57/h4-17,20-23,27,32,40,45,49,56,61H,18-19,24-26,28-31H2,1-3H3/t32-,40-,45+,49-,51+/m0/s1. The van der Waals surface area contributed by atoms with Crippen LogP contribution >= 0.6 is 0 Å². The monoisotopic (exact) mass is 860 g/mol. The van der Waals surface area contributed by atoms with Gasteiger partial charge in [-0.05, 0) is 103 Å². The number of aliphatic hydroxyl groups excluding tert-OH is 1. The van der Waals surface area contributed by atoms with Crippen LogP contribution in [0.3, 0.4) is 0 Å². The Bertz CT molecular complexity index is 2660. The normalized spacial score (nSPS) is 24.1. The summed E-state index contributed by atoms with van der Waals surface area (Å²) in [5.74, 6) is -1.08. The summed E-state index contributed by atoms with van der Waals surface area (Å²) in [6.45, 7) is 5.98. The van der Waals surface area contributed by atoms with Crippen molar-refractivity contribution in [1.82, 2.24) is 4.90 Å². The molecule has 1 spiro atoms. The zero-order valence-electron chi connectivity index (χ0n) is 35.9. The Morgan fingerprint density at radius 3 is 1.92 bits per heavy atom. The van der Waals surface area contributed by atoms with Crippen molar-refractivity contribution in [3.63, 3.8) is 0 Å². The number of rotatable bonds is 8. The highest BCUT2D eigenvalue weighted by atomic mass is 28.4. The number of para-hydroxylation sites is 2. The van der Waals surface area contributed by atoms with Crippen LogP contribution in [0.15, 0.2) is 115 Å². The number of hydrogen-bond donors (Lipinski definition) is 2. The van der Waals surface area contributed by atoms with E-state index in [9.17, 15) is 24.3 Å². The predicted octanol–water partition coefficient (Wildman–Crippen LogP) is 7.59. The van der Waals surface area contributed by atoms with Crippen LogP contribution in [-0.2, 0) is 61.9 Å². The Hall–Kier alpha value is -5.92. The summed E-state index contributed by atoms with van der Waals surface area (Å²) in [6, 6.07) is 36.7. The Morgan fingerprint density at radius 2 is 1.30 bits per heavy atom. The maximum atomic E-state index is 15.6. The third kappa shape index (κ3) is 6.82. The Balaban J connectivity index is 1.03. The fourth-order valence-corrected chi connectivity index (χ4v) is 13.8. The van der Waals surface area contributed by atoms with E-state index in [2.05, 4.69) is 6.07 Å². The Morgan fingerprint density at radius 1 is 0.730 bits per heavy atom. The molecular formula is C51H52N4O7Si. The molecule has 2 N–H and O–H groups in total. The molecular weight excluding hydrogens is 809 g/mol. The van der Waals surface area contributed by atoms with Crippen molar-refractivity contribution in [2.24, 2.45) is 5.92 Å². The second-order valence-electron chi connectivity index (χ2n) is 18.4. The van der Waals surface area contributed by atoms with Crippen molar-refractivity contribution in [1.29, 1.82) is 0 Å². The molecule has 63 heavy (non-hydrogen) atoms. The number of fused-ring (bicyclic) bond motifs is 5. The number of amides is 4. The first kappa shape index (κ1) is 41.1. The quantitative estimate of drug-likeness (QED) is 0.154. The maximum absolute atomic E-state index is 15.6. The molecule has 4 amide bonds. The molecule has 5 aliphatic rings. The van der Waals surface area contributed by atoms with E-state index < -0.39 is 37.5 Å². The molecule has 322 valence electrons. The van der Waals surface area contributed by atoms with Crippen LogP contribution in [-0.4, -0.2) is 65.5 Å². The van der Waals surface area contributed by atoms with Crippen LogP contribution in [0.5, 0.6) is 0 Å². The van der Waals surface area contributed by atoms with Crippen LogP contribution in [0.1, 0.15) is 59.6 Å². The Kier molecular flexibility index (Phi) is 10.2. The molecule has 0 saturated carbocycles. The van der Waals surface area contributed by atoms with E-state index in [1.54, 1.807) is 19.6 Å². The summed E-state index contributed by atoms with van der Waals surface area (Å²) in [4.78, 5) is 76.1. The third-order valence-corrected chi connectivity index (χ3v) is 16.7.